The molecule has 7 nitrogen and oxygen atoms in total. The van der Waals surface area contributed by atoms with Gasteiger partial charge in [-0.3, -0.25) is 19.2 Å². The van der Waals surface area contributed by atoms with Gasteiger partial charge in [-0.15, -0.1) is 0 Å². The molecule has 2 aliphatic heterocycles. The van der Waals surface area contributed by atoms with E-state index in [1.165, 1.54) is 5.56 Å². The van der Waals surface area contributed by atoms with Crippen molar-refractivity contribution in [2.45, 2.75) is 26.3 Å². The van der Waals surface area contributed by atoms with Gasteiger partial charge in [0.25, 0.3) is 5.91 Å². The lowest BCUT2D eigenvalue weighted by atomic mass is 9.76. The predicted molar refractivity (Wildman–Crippen MR) is 109 cm³/mol. The van der Waals surface area contributed by atoms with E-state index in [0.29, 0.717) is 24.6 Å². The van der Waals surface area contributed by atoms with Gasteiger partial charge in [0.2, 0.25) is 0 Å². The minimum atomic E-state index is -0.789. The summed E-state index contributed by atoms with van der Waals surface area (Å²) in [6, 6.07) is 10.4. The Morgan fingerprint density at radius 1 is 1.21 bits per heavy atom. The zero-order valence-electron chi connectivity index (χ0n) is 16.8. The molecule has 3 heterocycles. The smallest absolute Gasteiger partial charge is 0.317 e. The van der Waals surface area contributed by atoms with Gasteiger partial charge < -0.3 is 10.0 Å². The van der Waals surface area contributed by atoms with Crippen LogP contribution in [0.2, 0.25) is 0 Å². The molecule has 2 aromatic rings. The van der Waals surface area contributed by atoms with E-state index in [1.807, 2.05) is 41.1 Å². The van der Waals surface area contributed by atoms with Crippen LogP contribution < -0.4 is 0 Å². The molecule has 2 atom stereocenters. The maximum atomic E-state index is 13.0. The highest BCUT2D eigenvalue weighted by Gasteiger charge is 2.53. The summed E-state index contributed by atoms with van der Waals surface area (Å²) in [5.74, 6) is -0.457. The Labute approximate surface area is 170 Å². The average molecular weight is 396 g/mol. The highest BCUT2D eigenvalue weighted by atomic mass is 16.4. The van der Waals surface area contributed by atoms with Gasteiger partial charge in [0, 0.05) is 44.3 Å². The molecule has 2 unspecified atom stereocenters. The molecule has 1 amide bonds. The number of likely N-dealkylation sites (tertiary alicyclic amines) is 2. The molecule has 2 aliphatic rings. The number of aliphatic carboxylic acids is 1. The second-order valence-electron chi connectivity index (χ2n) is 8.38. The third-order valence-electron chi connectivity index (χ3n) is 6.43. The van der Waals surface area contributed by atoms with E-state index in [4.69, 9.17) is 0 Å². The largest absolute Gasteiger partial charge is 0.480 e. The Bertz CT molecular complexity index is 881. The molecule has 1 aromatic heterocycles. The van der Waals surface area contributed by atoms with Crippen molar-refractivity contribution in [2.24, 2.45) is 11.3 Å². The lowest BCUT2D eigenvalue weighted by Crippen LogP contribution is -2.38. The first kappa shape index (κ1) is 19.6. The summed E-state index contributed by atoms with van der Waals surface area (Å²) in [5.41, 5.74) is 1.86. The molecule has 4 rings (SSSR count). The van der Waals surface area contributed by atoms with Gasteiger partial charge in [0.15, 0.2) is 0 Å². The van der Waals surface area contributed by atoms with Gasteiger partial charge in [0.1, 0.15) is 0 Å². The van der Waals surface area contributed by atoms with Crippen molar-refractivity contribution >= 4 is 11.9 Å². The van der Waals surface area contributed by atoms with Crippen LogP contribution in [0.25, 0.3) is 0 Å². The highest BCUT2D eigenvalue weighted by Crippen LogP contribution is 2.46. The number of carboxylic acids is 1. The van der Waals surface area contributed by atoms with Crippen LogP contribution in [0.4, 0.5) is 0 Å². The summed E-state index contributed by atoms with van der Waals surface area (Å²) in [6.45, 7) is 5.63. The quantitative estimate of drug-likeness (QED) is 0.774. The Kier molecular flexibility index (Phi) is 5.41. The summed E-state index contributed by atoms with van der Waals surface area (Å²) in [7, 11) is 0. The molecule has 0 radical (unpaired) electrons. The van der Waals surface area contributed by atoms with Crippen molar-refractivity contribution in [1.82, 2.24) is 19.6 Å². The summed E-state index contributed by atoms with van der Waals surface area (Å²) >= 11 is 0. The molecular weight excluding hydrogens is 368 g/mol. The van der Waals surface area contributed by atoms with Crippen molar-refractivity contribution in [2.75, 3.05) is 32.7 Å². The average Bonchev–Trinajstić information content (AvgIpc) is 3.39. The number of rotatable bonds is 7. The number of carbonyl (C=O) groups excluding carboxylic acids is 1. The van der Waals surface area contributed by atoms with Crippen LogP contribution in [-0.2, 0) is 17.8 Å². The molecule has 2 saturated heterocycles. The molecule has 1 N–H and O–H groups in total. The molecule has 2 fully saturated rings. The molecule has 0 spiro atoms. The van der Waals surface area contributed by atoms with E-state index in [1.54, 1.807) is 10.9 Å². The van der Waals surface area contributed by atoms with Crippen molar-refractivity contribution < 1.29 is 14.7 Å². The third kappa shape index (κ3) is 4.05. The minimum Gasteiger partial charge on any atom is -0.480 e. The zero-order chi connectivity index (χ0) is 20.4. The van der Waals surface area contributed by atoms with E-state index < -0.39 is 5.97 Å². The maximum absolute atomic E-state index is 13.0. The number of aromatic nitrogens is 2. The van der Waals surface area contributed by atoms with E-state index in [0.717, 1.165) is 32.5 Å². The van der Waals surface area contributed by atoms with Crippen LogP contribution in [0, 0.1) is 11.3 Å². The van der Waals surface area contributed by atoms with Crippen LogP contribution in [-0.4, -0.2) is 69.3 Å². The van der Waals surface area contributed by atoms with Crippen LogP contribution in [0.3, 0.4) is 0 Å². The molecule has 0 bridgehead atoms. The van der Waals surface area contributed by atoms with E-state index >= 15 is 0 Å². The van der Waals surface area contributed by atoms with E-state index in [-0.39, 0.29) is 17.9 Å². The molecule has 29 heavy (non-hydrogen) atoms. The fourth-order valence-electron chi connectivity index (χ4n) is 4.98. The lowest BCUT2D eigenvalue weighted by Gasteiger charge is -2.29. The minimum absolute atomic E-state index is 0.0305. The topological polar surface area (TPSA) is 78.7 Å². The summed E-state index contributed by atoms with van der Waals surface area (Å²) < 4.78 is 1.77. The fraction of sp³-hybridized carbons (Fsp3) is 0.500. The SMILES string of the molecule is CCn1cc(C(=O)N2CC3CN(CC(=O)O)CC3(CCc3ccccc3)C2)cn1. The van der Waals surface area contributed by atoms with Gasteiger partial charge in [-0.05, 0) is 31.2 Å². The molecular formula is C22H28N4O3. The van der Waals surface area contributed by atoms with Crippen molar-refractivity contribution in [1.29, 1.82) is 0 Å². The third-order valence-corrected chi connectivity index (χ3v) is 6.43. The van der Waals surface area contributed by atoms with Gasteiger partial charge in [-0.2, -0.15) is 5.10 Å². The number of hydrogen-bond donors (Lipinski definition) is 1. The first-order chi connectivity index (χ1) is 14.0. The van der Waals surface area contributed by atoms with Crippen LogP contribution in [0.15, 0.2) is 42.7 Å². The molecule has 1 aromatic carbocycles. The van der Waals surface area contributed by atoms with Gasteiger partial charge in [-0.1, -0.05) is 30.3 Å². The summed E-state index contributed by atoms with van der Waals surface area (Å²) in [6.07, 6.45) is 5.35. The van der Waals surface area contributed by atoms with Crippen molar-refractivity contribution in [3.8, 4) is 0 Å². The molecule has 154 valence electrons. The number of amides is 1. The lowest BCUT2D eigenvalue weighted by molar-refractivity contribution is -0.138. The monoisotopic (exact) mass is 396 g/mol. The predicted octanol–water partition coefficient (Wildman–Crippen LogP) is 1.99. The Morgan fingerprint density at radius 2 is 2.00 bits per heavy atom. The number of hydrogen-bond acceptors (Lipinski definition) is 4. The highest BCUT2D eigenvalue weighted by molar-refractivity contribution is 5.94. The number of benzene rings is 1. The van der Waals surface area contributed by atoms with Gasteiger partial charge in [-0.25, -0.2) is 0 Å². The van der Waals surface area contributed by atoms with Crippen LogP contribution in [0.1, 0.15) is 29.3 Å². The number of carbonyl (C=O) groups is 2. The first-order valence-electron chi connectivity index (χ1n) is 10.3. The normalized spacial score (nSPS) is 24.0. The molecule has 0 aliphatic carbocycles. The second kappa shape index (κ2) is 7.99. The summed E-state index contributed by atoms with van der Waals surface area (Å²) in [5, 5.41) is 13.5. The second-order valence-corrected chi connectivity index (χ2v) is 8.38. The van der Waals surface area contributed by atoms with Gasteiger partial charge >= 0.3 is 5.97 Å². The van der Waals surface area contributed by atoms with E-state index in [9.17, 15) is 14.7 Å². The zero-order valence-corrected chi connectivity index (χ0v) is 16.8. The van der Waals surface area contributed by atoms with Crippen LogP contribution in [0.5, 0.6) is 0 Å². The molecule has 0 saturated carbocycles. The van der Waals surface area contributed by atoms with Crippen molar-refractivity contribution in [3.63, 3.8) is 0 Å². The Hall–Kier alpha value is -2.67. The fourth-order valence-corrected chi connectivity index (χ4v) is 4.98. The molecule has 7 heteroatoms. The van der Waals surface area contributed by atoms with E-state index in [2.05, 4.69) is 17.2 Å². The number of aryl methyl sites for hydroxylation is 2. The maximum Gasteiger partial charge on any atom is 0.317 e. The number of nitrogens with zero attached hydrogens (tertiary/aromatic N) is 4. The van der Waals surface area contributed by atoms with Crippen LogP contribution >= 0.6 is 0 Å². The standard InChI is InChI=1S/C22H28N4O3/c1-2-26-11-18(10-23-26)21(29)25-13-19-12-24(14-20(27)28)15-22(19,16-25)9-8-17-6-4-3-5-7-17/h3-7,10-11,19H,2,8-9,12-16H2,1H3,(H,27,28). The summed E-state index contributed by atoms with van der Waals surface area (Å²) in [4.78, 5) is 28.3. The Morgan fingerprint density at radius 3 is 2.69 bits per heavy atom. The first-order valence-corrected chi connectivity index (χ1v) is 10.3. The number of carboxylic acid groups (broad SMARTS) is 1. The Balaban J connectivity index is 1.51. The number of fused-ring (bicyclic) bond motifs is 1. The van der Waals surface area contributed by atoms with Gasteiger partial charge in [0.05, 0.1) is 18.3 Å². The van der Waals surface area contributed by atoms with Crippen molar-refractivity contribution in [3.05, 3.63) is 53.9 Å².